The fourth-order valence-electron chi connectivity index (χ4n) is 2.66. The number of pyridine rings is 2. The molecule has 0 spiro atoms. The smallest absolute Gasteiger partial charge is 0.299 e. The van der Waals surface area contributed by atoms with Crippen LogP contribution in [0, 0.1) is 6.92 Å². The van der Waals surface area contributed by atoms with Crippen molar-refractivity contribution in [1.82, 2.24) is 19.4 Å². The van der Waals surface area contributed by atoms with Crippen LogP contribution in [0.5, 0.6) is 0 Å². The Bertz CT molecular complexity index is 860. The first-order valence-corrected chi connectivity index (χ1v) is 6.49. The van der Waals surface area contributed by atoms with Gasteiger partial charge in [0, 0.05) is 18.7 Å². The van der Waals surface area contributed by atoms with Gasteiger partial charge in [-0.05, 0) is 25.1 Å². The van der Waals surface area contributed by atoms with Gasteiger partial charge in [-0.25, -0.2) is 4.98 Å². The van der Waals surface area contributed by atoms with Gasteiger partial charge in [-0.15, -0.1) is 4.98 Å². The van der Waals surface area contributed by atoms with E-state index in [0.29, 0.717) is 0 Å². The van der Waals surface area contributed by atoms with Crippen LogP contribution in [0.15, 0.2) is 36.7 Å². The molecule has 4 rings (SSSR count). The Morgan fingerprint density at radius 3 is 3.00 bits per heavy atom. The zero-order valence-electron chi connectivity index (χ0n) is 11.3. The van der Waals surface area contributed by atoms with E-state index in [1.54, 1.807) is 6.20 Å². The number of fused-ring (bicyclic) bond motifs is 2. The monoisotopic (exact) mass is 263 g/mol. The van der Waals surface area contributed by atoms with E-state index in [1.165, 1.54) is 0 Å². The number of aliphatic imine (C=N–C) groups is 1. The average molecular weight is 263 g/mol. The molecule has 0 bridgehead atoms. The van der Waals surface area contributed by atoms with Gasteiger partial charge in [-0.2, -0.15) is 0 Å². The van der Waals surface area contributed by atoms with Gasteiger partial charge in [-0.3, -0.25) is 9.72 Å². The highest BCUT2D eigenvalue weighted by atomic mass is 15.1. The van der Waals surface area contributed by atoms with Gasteiger partial charge < -0.3 is 0 Å². The molecule has 0 saturated heterocycles. The van der Waals surface area contributed by atoms with E-state index in [9.17, 15) is 0 Å². The molecule has 3 aromatic heterocycles. The lowest BCUT2D eigenvalue weighted by Crippen LogP contribution is -2.04. The average Bonchev–Trinajstić information content (AvgIpc) is 2.96. The predicted octanol–water partition coefficient (Wildman–Crippen LogP) is 2.52. The van der Waals surface area contributed by atoms with Crippen molar-refractivity contribution in [3.63, 3.8) is 0 Å². The first-order chi connectivity index (χ1) is 9.74. The third-order valence-electron chi connectivity index (χ3n) is 3.47. The van der Waals surface area contributed by atoms with Crippen molar-refractivity contribution in [2.24, 2.45) is 0 Å². The maximum atomic E-state index is 4.61. The van der Waals surface area contributed by atoms with Gasteiger partial charge in [0.15, 0.2) is 5.69 Å². The van der Waals surface area contributed by atoms with Crippen LogP contribution in [-0.4, -0.2) is 20.2 Å². The SMILES string of the molecule is CC1=[N+]c2nccc(-c3c(C)nc4ccccn34)c2N1. The van der Waals surface area contributed by atoms with E-state index in [2.05, 4.69) is 24.7 Å². The summed E-state index contributed by atoms with van der Waals surface area (Å²) in [6, 6.07) is 8.01. The summed E-state index contributed by atoms with van der Waals surface area (Å²) in [5.41, 5.74) is 5.05. The zero-order chi connectivity index (χ0) is 13.7. The van der Waals surface area contributed by atoms with Gasteiger partial charge in [-0.1, -0.05) is 11.1 Å². The number of nitrogens with zero attached hydrogens (tertiary/aromatic N) is 4. The Morgan fingerprint density at radius 1 is 1.20 bits per heavy atom. The second-order valence-corrected chi connectivity index (χ2v) is 4.85. The van der Waals surface area contributed by atoms with E-state index >= 15 is 0 Å². The van der Waals surface area contributed by atoms with Crippen LogP contribution < -0.4 is 10.3 Å². The van der Waals surface area contributed by atoms with E-state index in [4.69, 9.17) is 0 Å². The fourth-order valence-corrected chi connectivity index (χ4v) is 2.66. The second-order valence-electron chi connectivity index (χ2n) is 4.85. The quantitative estimate of drug-likeness (QED) is 0.734. The molecule has 1 radical (unpaired) electrons. The molecule has 4 heterocycles. The molecule has 0 atom stereocenters. The van der Waals surface area contributed by atoms with Gasteiger partial charge in [0.25, 0.3) is 0 Å². The zero-order valence-corrected chi connectivity index (χ0v) is 11.3. The lowest BCUT2D eigenvalue weighted by atomic mass is 10.1. The Balaban J connectivity index is 2.03. The first-order valence-electron chi connectivity index (χ1n) is 6.49. The van der Waals surface area contributed by atoms with Crippen molar-refractivity contribution in [2.45, 2.75) is 13.8 Å². The number of anilines is 1. The number of hydrogen-bond acceptors (Lipinski definition) is 4. The van der Waals surface area contributed by atoms with Gasteiger partial charge >= 0.3 is 5.82 Å². The van der Waals surface area contributed by atoms with Crippen LogP contribution in [0.4, 0.5) is 11.5 Å². The molecule has 0 fully saturated rings. The highest BCUT2D eigenvalue weighted by Gasteiger charge is 2.27. The molecule has 1 aliphatic rings. The molecule has 0 amide bonds. The highest BCUT2D eigenvalue weighted by Crippen LogP contribution is 2.36. The van der Waals surface area contributed by atoms with E-state index in [-0.39, 0.29) is 0 Å². The number of hydrogen-bond donors (Lipinski definition) is 1. The van der Waals surface area contributed by atoms with Crippen molar-refractivity contribution in [1.29, 1.82) is 0 Å². The molecular formula is C15H13N5+. The van der Waals surface area contributed by atoms with Gasteiger partial charge in [0.2, 0.25) is 5.84 Å². The van der Waals surface area contributed by atoms with Crippen LogP contribution in [0.25, 0.3) is 16.9 Å². The van der Waals surface area contributed by atoms with Crippen LogP contribution in [-0.2, 0) is 0 Å². The number of aryl methyl sites for hydroxylation is 1. The maximum absolute atomic E-state index is 4.61. The van der Waals surface area contributed by atoms with Crippen molar-refractivity contribution in [3.05, 3.63) is 42.4 Å². The lowest BCUT2D eigenvalue weighted by Gasteiger charge is -2.05. The molecule has 0 saturated carbocycles. The summed E-state index contributed by atoms with van der Waals surface area (Å²) in [6.07, 6.45) is 3.82. The largest absolute Gasteiger partial charge is 0.336 e. The third kappa shape index (κ3) is 1.46. The molecule has 3 aromatic rings. The standard InChI is InChI=1S/C15H13N5/c1-9-14(20-8-4-3-5-12(20)17-9)11-6-7-16-15-13(11)18-10(2)19-15/h3-8,18H,1-2H3/q+1. The Kier molecular flexibility index (Phi) is 2.18. The third-order valence-corrected chi connectivity index (χ3v) is 3.47. The van der Waals surface area contributed by atoms with E-state index in [0.717, 1.165) is 39.9 Å². The molecule has 5 nitrogen and oxygen atoms in total. The first kappa shape index (κ1) is 11.2. The van der Waals surface area contributed by atoms with Crippen LogP contribution in [0.1, 0.15) is 12.6 Å². The minimum Gasteiger partial charge on any atom is -0.299 e. The Morgan fingerprint density at radius 2 is 2.10 bits per heavy atom. The molecular weight excluding hydrogens is 250 g/mol. The molecule has 0 aliphatic carbocycles. The summed E-state index contributed by atoms with van der Waals surface area (Å²) in [6.45, 7) is 3.96. The number of nitrogens with one attached hydrogen (secondary N) is 1. The fraction of sp³-hybridized carbons (Fsp3) is 0.133. The minimum absolute atomic E-state index is 0.741. The van der Waals surface area contributed by atoms with Gasteiger partial charge in [0.05, 0.1) is 11.4 Å². The van der Waals surface area contributed by atoms with E-state index in [1.807, 2.05) is 44.3 Å². The number of amidine groups is 1. The minimum atomic E-state index is 0.741. The molecule has 0 aromatic carbocycles. The van der Waals surface area contributed by atoms with Crippen molar-refractivity contribution >= 4 is 23.0 Å². The van der Waals surface area contributed by atoms with E-state index < -0.39 is 0 Å². The molecule has 20 heavy (non-hydrogen) atoms. The van der Waals surface area contributed by atoms with Gasteiger partial charge in [0.1, 0.15) is 11.8 Å². The summed E-state index contributed by atoms with van der Waals surface area (Å²) in [5.74, 6) is 1.61. The molecule has 5 heteroatoms. The number of imidazole rings is 1. The van der Waals surface area contributed by atoms with Crippen LogP contribution >= 0.6 is 0 Å². The Labute approximate surface area is 116 Å². The summed E-state index contributed by atoms with van der Waals surface area (Å²) in [7, 11) is 0. The van der Waals surface area contributed by atoms with Crippen LogP contribution in [0.3, 0.4) is 0 Å². The molecule has 97 valence electrons. The predicted molar refractivity (Wildman–Crippen MR) is 79.3 cm³/mol. The van der Waals surface area contributed by atoms with Crippen molar-refractivity contribution in [3.8, 4) is 11.3 Å². The summed E-state index contributed by atoms with van der Waals surface area (Å²) >= 11 is 0. The maximum Gasteiger partial charge on any atom is 0.336 e. The van der Waals surface area contributed by atoms with Crippen molar-refractivity contribution < 1.29 is 0 Å². The Hall–Kier alpha value is -2.69. The number of rotatable bonds is 1. The molecule has 1 N–H and O–H groups in total. The highest BCUT2D eigenvalue weighted by molar-refractivity contribution is 6.05. The number of aromatic nitrogens is 3. The summed E-state index contributed by atoms with van der Waals surface area (Å²) in [5, 5.41) is 3.29. The second kappa shape index (κ2) is 3.90. The molecule has 1 aliphatic heterocycles. The topological polar surface area (TPSA) is 56.3 Å². The normalized spacial score (nSPS) is 13.2. The lowest BCUT2D eigenvalue weighted by molar-refractivity contribution is 1.18. The van der Waals surface area contributed by atoms with Crippen molar-refractivity contribution in [2.75, 3.05) is 5.32 Å². The van der Waals surface area contributed by atoms with Crippen LogP contribution in [0.2, 0.25) is 0 Å². The summed E-state index contributed by atoms with van der Waals surface area (Å²) < 4.78 is 2.10. The molecule has 0 unspecified atom stereocenters. The summed E-state index contributed by atoms with van der Waals surface area (Å²) in [4.78, 5) is 13.3.